The van der Waals surface area contributed by atoms with E-state index in [1.54, 1.807) is 47.7 Å². The Kier molecular flexibility index (Phi) is 3.74. The lowest BCUT2D eigenvalue weighted by atomic mass is 10.2. The molecule has 0 saturated carbocycles. The molecule has 3 heterocycles. The summed E-state index contributed by atoms with van der Waals surface area (Å²) in [7, 11) is 0. The fraction of sp³-hybridized carbons (Fsp3) is 0. The number of carbonyl (C=O) groups is 1. The molecule has 0 aromatic carbocycles. The van der Waals surface area contributed by atoms with Crippen molar-refractivity contribution < 1.29 is 4.79 Å². The number of rotatable bonds is 3. The number of nitrogens with one attached hydrogen (secondary N) is 1. The largest absolute Gasteiger partial charge is 0.321 e. The van der Waals surface area contributed by atoms with E-state index in [1.165, 1.54) is 6.20 Å². The first-order valence-electron chi connectivity index (χ1n) is 6.10. The summed E-state index contributed by atoms with van der Waals surface area (Å²) in [5.74, 6) is 0.444. The molecule has 7 heteroatoms. The Bertz CT molecular complexity index is 755. The van der Waals surface area contributed by atoms with Crippen molar-refractivity contribution in [3.8, 4) is 5.82 Å². The van der Waals surface area contributed by atoms with Crippen molar-refractivity contribution in [2.45, 2.75) is 0 Å². The molecule has 0 aliphatic rings. The van der Waals surface area contributed by atoms with Gasteiger partial charge in [0.1, 0.15) is 0 Å². The van der Waals surface area contributed by atoms with Crippen LogP contribution in [0.15, 0.2) is 59.7 Å². The maximum Gasteiger partial charge on any atom is 0.257 e. The number of nitrogens with zero attached hydrogens (tertiary/aromatic N) is 4. The van der Waals surface area contributed by atoms with Gasteiger partial charge in [-0.15, -0.1) is 0 Å². The molecule has 0 radical (unpaired) electrons. The topological polar surface area (TPSA) is 72.7 Å². The minimum absolute atomic E-state index is 0.238. The average Bonchev–Trinajstić information content (AvgIpc) is 3.02. The van der Waals surface area contributed by atoms with Gasteiger partial charge in [0.2, 0.25) is 0 Å². The van der Waals surface area contributed by atoms with E-state index < -0.39 is 0 Å². The van der Waals surface area contributed by atoms with E-state index in [1.807, 2.05) is 6.07 Å². The molecular weight excluding hydrogens is 334 g/mol. The number of aromatic nitrogens is 4. The summed E-state index contributed by atoms with van der Waals surface area (Å²) in [6, 6.07) is 7.07. The first kappa shape index (κ1) is 13.4. The van der Waals surface area contributed by atoms with E-state index in [-0.39, 0.29) is 5.91 Å². The predicted molar refractivity (Wildman–Crippen MR) is 81.2 cm³/mol. The highest BCUT2D eigenvalue weighted by molar-refractivity contribution is 9.10. The van der Waals surface area contributed by atoms with Crippen molar-refractivity contribution in [2.75, 3.05) is 5.32 Å². The average molecular weight is 344 g/mol. The van der Waals surface area contributed by atoms with E-state index in [0.717, 1.165) is 4.47 Å². The van der Waals surface area contributed by atoms with Crippen LogP contribution in [0.4, 0.5) is 5.69 Å². The van der Waals surface area contributed by atoms with Crippen molar-refractivity contribution in [2.24, 2.45) is 0 Å². The first-order chi connectivity index (χ1) is 10.2. The highest BCUT2D eigenvalue weighted by atomic mass is 79.9. The van der Waals surface area contributed by atoms with E-state index >= 15 is 0 Å². The Balaban J connectivity index is 1.75. The smallest absolute Gasteiger partial charge is 0.257 e. The van der Waals surface area contributed by atoms with Crippen molar-refractivity contribution >= 4 is 27.5 Å². The van der Waals surface area contributed by atoms with Crippen LogP contribution < -0.4 is 5.32 Å². The van der Waals surface area contributed by atoms with Gasteiger partial charge >= 0.3 is 0 Å². The molecule has 0 aliphatic carbocycles. The fourth-order valence-electron chi connectivity index (χ4n) is 1.74. The monoisotopic (exact) mass is 343 g/mol. The van der Waals surface area contributed by atoms with Crippen LogP contribution >= 0.6 is 15.9 Å². The second-order valence-electron chi connectivity index (χ2n) is 4.20. The molecular formula is C14H10BrN5O. The zero-order valence-corrected chi connectivity index (χ0v) is 12.4. The maximum absolute atomic E-state index is 12.1. The highest BCUT2D eigenvalue weighted by Gasteiger charge is 2.07. The Hall–Kier alpha value is -2.54. The van der Waals surface area contributed by atoms with Gasteiger partial charge in [-0.3, -0.25) is 9.78 Å². The lowest BCUT2D eigenvalue weighted by Crippen LogP contribution is -2.12. The Morgan fingerprint density at radius 3 is 2.81 bits per heavy atom. The SMILES string of the molecule is O=C(Nc1ccc(-n2cccn2)nc1)c1cncc(Br)c1. The van der Waals surface area contributed by atoms with Crippen LogP contribution in [0.3, 0.4) is 0 Å². The Morgan fingerprint density at radius 2 is 2.14 bits per heavy atom. The molecule has 0 atom stereocenters. The van der Waals surface area contributed by atoms with Crippen LogP contribution in [-0.4, -0.2) is 25.7 Å². The Labute approximate surface area is 129 Å². The van der Waals surface area contributed by atoms with Crippen molar-refractivity contribution in [3.63, 3.8) is 0 Å². The zero-order valence-electron chi connectivity index (χ0n) is 10.8. The quantitative estimate of drug-likeness (QED) is 0.793. The van der Waals surface area contributed by atoms with Gasteiger partial charge in [0.05, 0.1) is 17.4 Å². The zero-order chi connectivity index (χ0) is 14.7. The molecule has 0 fully saturated rings. The number of amides is 1. The standard InChI is InChI=1S/C14H10BrN5O/c15-11-6-10(7-16-8-11)14(21)19-12-2-3-13(17-9-12)20-5-1-4-18-20/h1-9H,(H,19,21). The van der Waals surface area contributed by atoms with E-state index in [2.05, 4.69) is 36.3 Å². The van der Waals surface area contributed by atoms with Crippen LogP contribution in [0.2, 0.25) is 0 Å². The second-order valence-corrected chi connectivity index (χ2v) is 5.12. The van der Waals surface area contributed by atoms with Gasteiger partial charge in [0, 0.05) is 29.3 Å². The van der Waals surface area contributed by atoms with Gasteiger partial charge in [-0.05, 0) is 40.2 Å². The molecule has 0 spiro atoms. The minimum atomic E-state index is -0.238. The first-order valence-corrected chi connectivity index (χ1v) is 6.90. The second kappa shape index (κ2) is 5.84. The van der Waals surface area contributed by atoms with Crippen molar-refractivity contribution in [3.05, 3.63) is 65.3 Å². The van der Waals surface area contributed by atoms with Crippen LogP contribution in [-0.2, 0) is 0 Å². The summed E-state index contributed by atoms with van der Waals surface area (Å²) < 4.78 is 2.39. The lowest BCUT2D eigenvalue weighted by Gasteiger charge is -2.06. The van der Waals surface area contributed by atoms with E-state index in [9.17, 15) is 4.79 Å². The van der Waals surface area contributed by atoms with Crippen molar-refractivity contribution in [1.29, 1.82) is 0 Å². The molecule has 104 valence electrons. The predicted octanol–water partition coefficient (Wildman–Crippen LogP) is 2.68. The molecule has 6 nitrogen and oxygen atoms in total. The molecule has 0 saturated heterocycles. The van der Waals surface area contributed by atoms with Gasteiger partial charge in [-0.25, -0.2) is 9.67 Å². The molecule has 1 amide bonds. The molecule has 0 bridgehead atoms. The molecule has 3 aromatic rings. The van der Waals surface area contributed by atoms with Gasteiger partial charge in [0.25, 0.3) is 5.91 Å². The lowest BCUT2D eigenvalue weighted by molar-refractivity contribution is 0.102. The summed E-state index contributed by atoms with van der Waals surface area (Å²) in [4.78, 5) is 20.3. The summed E-state index contributed by atoms with van der Waals surface area (Å²) in [6.45, 7) is 0. The summed E-state index contributed by atoms with van der Waals surface area (Å²) in [5.41, 5.74) is 1.08. The molecule has 3 rings (SSSR count). The van der Waals surface area contributed by atoms with Gasteiger partial charge in [0.15, 0.2) is 5.82 Å². The number of hydrogen-bond acceptors (Lipinski definition) is 4. The van der Waals surface area contributed by atoms with Crippen LogP contribution in [0, 0.1) is 0 Å². The maximum atomic E-state index is 12.1. The van der Waals surface area contributed by atoms with Crippen LogP contribution in [0.25, 0.3) is 5.82 Å². The third-order valence-electron chi connectivity index (χ3n) is 2.71. The van der Waals surface area contributed by atoms with Gasteiger partial charge in [-0.2, -0.15) is 5.10 Å². The van der Waals surface area contributed by atoms with E-state index in [0.29, 0.717) is 17.1 Å². The highest BCUT2D eigenvalue weighted by Crippen LogP contribution is 2.13. The van der Waals surface area contributed by atoms with Crippen LogP contribution in [0.5, 0.6) is 0 Å². The van der Waals surface area contributed by atoms with Crippen molar-refractivity contribution in [1.82, 2.24) is 19.7 Å². The normalized spacial score (nSPS) is 10.3. The number of pyridine rings is 2. The molecule has 3 aromatic heterocycles. The molecule has 0 aliphatic heterocycles. The number of carbonyl (C=O) groups excluding carboxylic acids is 1. The fourth-order valence-corrected chi connectivity index (χ4v) is 2.10. The van der Waals surface area contributed by atoms with E-state index in [4.69, 9.17) is 0 Å². The van der Waals surface area contributed by atoms with Crippen LogP contribution in [0.1, 0.15) is 10.4 Å². The summed E-state index contributed by atoms with van der Waals surface area (Å²) in [6.07, 6.45) is 8.19. The third-order valence-corrected chi connectivity index (χ3v) is 3.15. The number of anilines is 1. The number of hydrogen-bond donors (Lipinski definition) is 1. The summed E-state index contributed by atoms with van der Waals surface area (Å²) >= 11 is 3.28. The summed E-state index contributed by atoms with van der Waals surface area (Å²) in [5, 5.41) is 6.85. The third kappa shape index (κ3) is 3.14. The molecule has 1 N–H and O–H groups in total. The molecule has 0 unspecified atom stereocenters. The Morgan fingerprint density at radius 1 is 1.24 bits per heavy atom. The van der Waals surface area contributed by atoms with Gasteiger partial charge < -0.3 is 5.32 Å². The number of halogens is 1. The minimum Gasteiger partial charge on any atom is -0.321 e. The van der Waals surface area contributed by atoms with Gasteiger partial charge in [-0.1, -0.05) is 0 Å². The molecule has 21 heavy (non-hydrogen) atoms.